The summed E-state index contributed by atoms with van der Waals surface area (Å²) < 4.78 is 84.9. The van der Waals surface area contributed by atoms with Crippen LogP contribution >= 0.6 is 0 Å². The van der Waals surface area contributed by atoms with Gasteiger partial charge in [-0.3, -0.25) is 9.48 Å². The number of carbonyl (C=O) groups excluding carboxylic acids is 2. The zero-order valence-corrected chi connectivity index (χ0v) is 18.4. The number of ether oxygens (including phenoxy) is 1. The van der Waals surface area contributed by atoms with Crippen LogP contribution < -0.4 is 5.32 Å². The van der Waals surface area contributed by atoms with E-state index in [9.17, 15) is 35.9 Å². The average Bonchev–Trinajstić information content (AvgIpc) is 3.56. The Balaban J connectivity index is 1.42. The second-order valence-electron chi connectivity index (χ2n) is 8.64. The molecule has 1 aliphatic carbocycles. The van der Waals surface area contributed by atoms with Crippen LogP contribution in [0.1, 0.15) is 52.1 Å². The van der Waals surface area contributed by atoms with Gasteiger partial charge in [-0.2, -0.15) is 31.4 Å². The third-order valence-electron chi connectivity index (χ3n) is 5.76. The minimum absolute atomic E-state index is 0.0136. The normalized spacial score (nSPS) is 16.5. The van der Waals surface area contributed by atoms with Gasteiger partial charge in [0, 0.05) is 19.6 Å². The van der Waals surface area contributed by atoms with Crippen molar-refractivity contribution >= 4 is 12.0 Å². The predicted octanol–water partition coefficient (Wildman–Crippen LogP) is 4.60. The third kappa shape index (κ3) is 6.25. The molecule has 0 saturated heterocycles. The lowest BCUT2D eigenvalue weighted by atomic mass is 10.1. The Morgan fingerprint density at radius 1 is 1.00 bits per heavy atom. The molecule has 0 unspecified atom stereocenters. The number of aromatic nitrogens is 2. The highest BCUT2D eigenvalue weighted by molar-refractivity contribution is 5.92. The first-order valence-corrected chi connectivity index (χ1v) is 10.9. The molecule has 2 aliphatic rings. The molecule has 35 heavy (non-hydrogen) atoms. The quantitative estimate of drug-likeness (QED) is 0.604. The maximum absolute atomic E-state index is 13.0. The molecule has 4 rings (SSSR count). The summed E-state index contributed by atoms with van der Waals surface area (Å²) in [6.45, 7) is 0.499. The highest BCUT2D eigenvalue weighted by Gasteiger charge is 2.37. The minimum atomic E-state index is -4.99. The number of rotatable bonds is 5. The van der Waals surface area contributed by atoms with E-state index in [0.717, 1.165) is 12.8 Å². The van der Waals surface area contributed by atoms with Gasteiger partial charge in [-0.05, 0) is 55.0 Å². The molecule has 1 aliphatic heterocycles. The lowest BCUT2D eigenvalue weighted by Crippen LogP contribution is -2.31. The molecule has 1 aromatic heterocycles. The Kier molecular flexibility index (Phi) is 6.69. The summed E-state index contributed by atoms with van der Waals surface area (Å²) >= 11 is 0. The van der Waals surface area contributed by atoms with Crippen molar-refractivity contribution < 1.29 is 40.7 Å². The van der Waals surface area contributed by atoms with Crippen LogP contribution in [0.15, 0.2) is 24.3 Å². The van der Waals surface area contributed by atoms with Gasteiger partial charge in [-0.15, -0.1) is 0 Å². The molecule has 13 heteroatoms. The predicted molar refractivity (Wildman–Crippen MR) is 109 cm³/mol. The minimum Gasteiger partial charge on any atom is -0.445 e. The number of benzene rings is 1. The van der Waals surface area contributed by atoms with Crippen LogP contribution in [0, 0.1) is 5.92 Å². The summed E-state index contributed by atoms with van der Waals surface area (Å²) in [6.07, 6.45) is -8.26. The molecule has 0 spiro atoms. The first kappa shape index (κ1) is 24.9. The number of halogens is 6. The number of amides is 2. The van der Waals surface area contributed by atoms with Crippen molar-refractivity contribution in [2.45, 2.75) is 51.3 Å². The molecule has 0 radical (unpaired) electrons. The molecule has 1 saturated carbocycles. The number of aryl methyl sites for hydroxylation is 1. The number of hydrogen-bond acceptors (Lipinski definition) is 4. The first-order valence-electron chi connectivity index (χ1n) is 10.9. The van der Waals surface area contributed by atoms with Gasteiger partial charge in [0.05, 0.1) is 23.4 Å². The van der Waals surface area contributed by atoms with Crippen LogP contribution in [0.2, 0.25) is 0 Å². The van der Waals surface area contributed by atoms with Gasteiger partial charge in [0.25, 0.3) is 5.91 Å². The highest BCUT2D eigenvalue weighted by atomic mass is 19.4. The standard InChI is InChI=1S/C22H22F6N4O3/c23-21(24,25)15-6-14(7-16(8-15)22(26,27)28)12-35-20(34)31-4-1-5-32-17(11-31)9-18(30-32)19(33)29-10-13-2-3-13/h6-9,13H,1-5,10-12H2,(H,29,33). The van der Waals surface area contributed by atoms with Crippen molar-refractivity contribution in [1.29, 1.82) is 0 Å². The van der Waals surface area contributed by atoms with Crippen LogP contribution in [0.25, 0.3) is 0 Å². The number of hydrogen-bond donors (Lipinski definition) is 1. The van der Waals surface area contributed by atoms with E-state index < -0.39 is 41.7 Å². The fourth-order valence-electron chi connectivity index (χ4n) is 3.72. The second-order valence-corrected chi connectivity index (χ2v) is 8.64. The van der Waals surface area contributed by atoms with Gasteiger partial charge in [0.2, 0.25) is 0 Å². The fraction of sp³-hybridized carbons (Fsp3) is 0.500. The molecular formula is C22H22F6N4O3. The Morgan fingerprint density at radius 2 is 1.66 bits per heavy atom. The second kappa shape index (κ2) is 9.42. The summed E-state index contributed by atoms with van der Waals surface area (Å²) in [5.41, 5.74) is -2.63. The van der Waals surface area contributed by atoms with E-state index in [0.29, 0.717) is 43.3 Å². The van der Waals surface area contributed by atoms with Gasteiger partial charge >= 0.3 is 18.4 Å². The molecular weight excluding hydrogens is 482 g/mol. The molecule has 1 aromatic carbocycles. The highest BCUT2D eigenvalue weighted by Crippen LogP contribution is 2.36. The molecule has 2 aromatic rings. The lowest BCUT2D eigenvalue weighted by molar-refractivity contribution is -0.143. The Hall–Kier alpha value is -3.25. The molecule has 0 atom stereocenters. The number of carbonyl (C=O) groups is 2. The van der Waals surface area contributed by atoms with E-state index >= 15 is 0 Å². The zero-order chi connectivity index (χ0) is 25.4. The third-order valence-corrected chi connectivity index (χ3v) is 5.76. The summed E-state index contributed by atoms with van der Waals surface area (Å²) in [7, 11) is 0. The smallest absolute Gasteiger partial charge is 0.416 e. The maximum Gasteiger partial charge on any atom is 0.416 e. The van der Waals surface area contributed by atoms with Crippen LogP contribution in [-0.4, -0.2) is 39.8 Å². The van der Waals surface area contributed by atoms with Crippen molar-refractivity contribution in [3.05, 3.63) is 52.3 Å². The molecule has 1 N–H and O–H groups in total. The number of nitrogens with one attached hydrogen (secondary N) is 1. The fourth-order valence-corrected chi connectivity index (χ4v) is 3.72. The van der Waals surface area contributed by atoms with Crippen molar-refractivity contribution in [3.8, 4) is 0 Å². The monoisotopic (exact) mass is 504 g/mol. The zero-order valence-electron chi connectivity index (χ0n) is 18.4. The van der Waals surface area contributed by atoms with Crippen molar-refractivity contribution in [2.24, 2.45) is 5.92 Å². The maximum atomic E-state index is 13.0. The number of nitrogens with zero attached hydrogens (tertiary/aromatic N) is 3. The van der Waals surface area contributed by atoms with E-state index in [1.807, 2.05) is 0 Å². The summed E-state index contributed by atoms with van der Waals surface area (Å²) in [4.78, 5) is 26.1. The Morgan fingerprint density at radius 3 is 2.26 bits per heavy atom. The summed E-state index contributed by atoms with van der Waals surface area (Å²) in [5, 5.41) is 7.08. The number of alkyl halides is 6. The molecule has 2 heterocycles. The number of fused-ring (bicyclic) bond motifs is 1. The SMILES string of the molecule is O=C(NCC1CC1)c1cc2n(n1)CCCN(C(=O)OCc1cc(C(F)(F)F)cc(C(F)(F)F)c1)C2. The van der Waals surface area contributed by atoms with Gasteiger partial charge in [-0.1, -0.05) is 0 Å². The van der Waals surface area contributed by atoms with Gasteiger partial charge in [-0.25, -0.2) is 4.79 Å². The van der Waals surface area contributed by atoms with Crippen molar-refractivity contribution in [1.82, 2.24) is 20.0 Å². The van der Waals surface area contributed by atoms with E-state index in [1.165, 1.54) is 4.90 Å². The molecule has 190 valence electrons. The summed E-state index contributed by atoms with van der Waals surface area (Å²) in [5.74, 6) is 0.172. The van der Waals surface area contributed by atoms with Gasteiger partial charge < -0.3 is 15.0 Å². The van der Waals surface area contributed by atoms with Crippen LogP contribution in [-0.2, 0) is 36.8 Å². The van der Waals surface area contributed by atoms with E-state index in [1.54, 1.807) is 10.7 Å². The Bertz CT molecular complexity index is 1080. The topological polar surface area (TPSA) is 76.5 Å². The van der Waals surface area contributed by atoms with Gasteiger partial charge in [0.15, 0.2) is 5.69 Å². The van der Waals surface area contributed by atoms with E-state index in [4.69, 9.17) is 4.74 Å². The van der Waals surface area contributed by atoms with Crippen molar-refractivity contribution in [2.75, 3.05) is 13.1 Å². The lowest BCUT2D eigenvalue weighted by Gasteiger charge is -2.20. The molecule has 1 fully saturated rings. The largest absolute Gasteiger partial charge is 0.445 e. The summed E-state index contributed by atoms with van der Waals surface area (Å²) in [6, 6.07) is 2.61. The first-order chi connectivity index (χ1) is 16.4. The van der Waals surface area contributed by atoms with Crippen LogP contribution in [0.3, 0.4) is 0 Å². The van der Waals surface area contributed by atoms with Crippen molar-refractivity contribution in [3.63, 3.8) is 0 Å². The van der Waals surface area contributed by atoms with E-state index in [-0.39, 0.29) is 30.8 Å². The molecule has 7 nitrogen and oxygen atoms in total. The van der Waals surface area contributed by atoms with E-state index in [2.05, 4.69) is 10.4 Å². The molecule has 0 bridgehead atoms. The van der Waals surface area contributed by atoms with Crippen LogP contribution in [0.4, 0.5) is 31.1 Å². The van der Waals surface area contributed by atoms with Gasteiger partial charge in [0.1, 0.15) is 6.61 Å². The average molecular weight is 504 g/mol. The molecule has 2 amide bonds. The van der Waals surface area contributed by atoms with Crippen LogP contribution in [0.5, 0.6) is 0 Å². The Labute approximate surface area is 196 Å².